The van der Waals surface area contributed by atoms with Crippen LogP contribution in [0.4, 0.5) is 38.8 Å². The van der Waals surface area contributed by atoms with Crippen LogP contribution in [0.15, 0.2) is 78.4 Å². The minimum Gasteiger partial charge on any atom is -0.392 e. The van der Waals surface area contributed by atoms with Gasteiger partial charge in [0.05, 0.1) is 23.7 Å². The Balaban J connectivity index is 0.922. The molecular formula is C52H64FN11O4. The Morgan fingerprint density at radius 1 is 1.01 bits per heavy atom. The van der Waals surface area contributed by atoms with Crippen molar-refractivity contribution in [3.63, 3.8) is 0 Å². The summed E-state index contributed by atoms with van der Waals surface area (Å²) in [4.78, 5) is 58.9. The van der Waals surface area contributed by atoms with Crippen LogP contribution in [0, 0.1) is 11.2 Å². The summed E-state index contributed by atoms with van der Waals surface area (Å²) in [5, 5.41) is 17.1. The Bertz CT molecular complexity index is 2860. The number of aliphatic hydroxyl groups excluding tert-OH is 1. The standard InChI is InChI=1S/C52H64FN11O4/c1-9-46(66)57-41-24-34(10-13-43(41)62-19-18-60(28-32(62)3)35-15-17-61(31(2)22-35)36-11-12-40(53)39(25-36)52(6,7)54)56-47-50(68)59(8)29-42(58-47)37-14-16-55-48(38(37)30-65)64-21-20-63-44(49(64)67)23-33-26-51(4,5)27-45(33)63/h9-14,16,23-25,29,31-32,35,65H,1,15,17-22,26-28,30,54H2,2-8H3,(H,56,58)(H,57,66)/t31-,32+,35?/m1/s1. The first kappa shape index (κ1) is 46.7. The van der Waals surface area contributed by atoms with Crippen LogP contribution in [0.5, 0.6) is 0 Å². The van der Waals surface area contributed by atoms with Crippen LogP contribution in [-0.2, 0) is 43.4 Å². The summed E-state index contributed by atoms with van der Waals surface area (Å²) in [5.74, 6) is -0.426. The highest BCUT2D eigenvalue weighted by molar-refractivity contribution is 6.06. The van der Waals surface area contributed by atoms with Gasteiger partial charge in [-0.2, -0.15) is 0 Å². The van der Waals surface area contributed by atoms with E-state index >= 15 is 0 Å². The number of aromatic nitrogens is 4. The maximum absolute atomic E-state index is 14.7. The van der Waals surface area contributed by atoms with Crippen LogP contribution in [0.2, 0.25) is 0 Å². The fraction of sp³-hybridized carbons (Fsp3) is 0.442. The topological polar surface area (TPSA) is 170 Å². The molecule has 3 aromatic heterocycles. The van der Waals surface area contributed by atoms with Gasteiger partial charge in [-0.25, -0.2) is 14.4 Å². The summed E-state index contributed by atoms with van der Waals surface area (Å²) in [6.45, 7) is 20.1. The van der Waals surface area contributed by atoms with E-state index in [1.807, 2.05) is 44.2 Å². The number of nitrogens with one attached hydrogen (secondary N) is 2. The molecular weight excluding hydrogens is 862 g/mol. The Hall–Kier alpha value is -6.36. The minimum atomic E-state index is -0.783. The number of pyridine rings is 1. The van der Waals surface area contributed by atoms with E-state index in [0.717, 1.165) is 63.2 Å². The molecule has 1 aliphatic carbocycles. The number of benzene rings is 2. The molecule has 0 spiro atoms. The number of aliphatic hydroxyl groups is 1. The average Bonchev–Trinajstić information content (AvgIpc) is 3.79. The maximum Gasteiger partial charge on any atom is 0.293 e. The quantitative estimate of drug-likeness (QED) is 0.104. The van der Waals surface area contributed by atoms with Crippen molar-refractivity contribution in [2.45, 2.75) is 104 Å². The predicted molar refractivity (Wildman–Crippen MR) is 266 cm³/mol. The molecule has 0 radical (unpaired) electrons. The van der Waals surface area contributed by atoms with E-state index < -0.39 is 12.1 Å². The van der Waals surface area contributed by atoms with Crippen molar-refractivity contribution in [3.8, 4) is 11.3 Å². The van der Waals surface area contributed by atoms with Gasteiger partial charge in [0, 0.05) is 116 Å². The zero-order valence-electron chi connectivity index (χ0n) is 40.3. The number of rotatable bonds is 11. The van der Waals surface area contributed by atoms with E-state index in [2.05, 4.69) is 69.2 Å². The van der Waals surface area contributed by atoms with Gasteiger partial charge in [0.2, 0.25) is 5.91 Å². The van der Waals surface area contributed by atoms with Gasteiger partial charge in [-0.15, -0.1) is 0 Å². The first-order valence-corrected chi connectivity index (χ1v) is 23.7. The molecule has 2 amide bonds. The zero-order valence-corrected chi connectivity index (χ0v) is 40.3. The van der Waals surface area contributed by atoms with Crippen LogP contribution in [0.25, 0.3) is 11.3 Å². The fourth-order valence-corrected chi connectivity index (χ4v) is 11.0. The van der Waals surface area contributed by atoms with Gasteiger partial charge in [0.1, 0.15) is 17.3 Å². The van der Waals surface area contributed by atoms with Crippen molar-refractivity contribution in [3.05, 3.63) is 118 Å². The molecule has 68 heavy (non-hydrogen) atoms. The van der Waals surface area contributed by atoms with Crippen LogP contribution in [-0.4, -0.2) is 91.8 Å². The second-order valence-corrected chi connectivity index (χ2v) is 20.5. The molecule has 0 bridgehead atoms. The molecule has 2 aromatic carbocycles. The minimum absolute atomic E-state index is 0.0376. The van der Waals surface area contributed by atoms with Gasteiger partial charge >= 0.3 is 0 Å². The van der Waals surface area contributed by atoms with Crippen LogP contribution in [0.1, 0.15) is 87.3 Å². The van der Waals surface area contributed by atoms with Gasteiger partial charge in [-0.3, -0.25) is 24.2 Å². The lowest BCUT2D eigenvalue weighted by molar-refractivity contribution is -0.111. The van der Waals surface area contributed by atoms with Gasteiger partial charge in [0.15, 0.2) is 5.82 Å². The van der Waals surface area contributed by atoms with Gasteiger partial charge in [0.25, 0.3) is 11.5 Å². The van der Waals surface area contributed by atoms with Crippen molar-refractivity contribution in [2.24, 2.45) is 18.2 Å². The highest BCUT2D eigenvalue weighted by Gasteiger charge is 2.38. The van der Waals surface area contributed by atoms with E-state index in [1.54, 1.807) is 36.5 Å². The maximum atomic E-state index is 14.7. The number of hydrogen-bond donors (Lipinski definition) is 4. The molecule has 0 saturated carbocycles. The Kier molecular flexibility index (Phi) is 12.3. The van der Waals surface area contributed by atoms with Crippen LogP contribution in [0.3, 0.4) is 0 Å². The first-order valence-electron chi connectivity index (χ1n) is 23.7. The number of fused-ring (bicyclic) bond motifs is 3. The highest BCUT2D eigenvalue weighted by Crippen LogP contribution is 2.41. The fourth-order valence-electron chi connectivity index (χ4n) is 11.0. The van der Waals surface area contributed by atoms with E-state index in [4.69, 9.17) is 10.7 Å². The summed E-state index contributed by atoms with van der Waals surface area (Å²) in [6, 6.07) is 15.4. The van der Waals surface area contributed by atoms with Crippen molar-refractivity contribution < 1.29 is 19.1 Å². The molecule has 3 aliphatic heterocycles. The second-order valence-electron chi connectivity index (χ2n) is 20.5. The zero-order chi connectivity index (χ0) is 48.4. The van der Waals surface area contributed by atoms with E-state index in [9.17, 15) is 23.9 Å². The molecule has 4 aliphatic rings. The van der Waals surface area contributed by atoms with Gasteiger partial charge < -0.3 is 40.4 Å². The summed E-state index contributed by atoms with van der Waals surface area (Å²) >= 11 is 0. The van der Waals surface area contributed by atoms with E-state index in [0.29, 0.717) is 64.4 Å². The van der Waals surface area contributed by atoms with Crippen molar-refractivity contribution in [1.82, 2.24) is 24.0 Å². The monoisotopic (exact) mass is 926 g/mol. The molecule has 16 heteroatoms. The lowest BCUT2D eigenvalue weighted by Crippen LogP contribution is -2.58. The second kappa shape index (κ2) is 17.9. The third kappa shape index (κ3) is 8.80. The number of carbonyl (C=O) groups excluding carboxylic acids is 2. The lowest BCUT2D eigenvalue weighted by Gasteiger charge is -2.48. The SMILES string of the molecule is C=CC(=O)Nc1cc(Nc2nc(-c3ccnc(N4CCn5c(cc6c5CC(C)(C)C6)C4=O)c3CO)cn(C)c2=O)ccc1N1CCN(C2CCN(c3ccc(F)c(C(C)(C)N)c3)[C@H](C)C2)C[C@@H]1C. The molecule has 2 fully saturated rings. The Morgan fingerprint density at radius 3 is 2.53 bits per heavy atom. The average molecular weight is 926 g/mol. The molecule has 9 rings (SSSR count). The van der Waals surface area contributed by atoms with Gasteiger partial charge in [-0.05, 0) is 119 Å². The Labute approximate surface area is 397 Å². The van der Waals surface area contributed by atoms with Crippen LogP contribution >= 0.6 is 0 Å². The smallest absolute Gasteiger partial charge is 0.293 e. The number of aryl methyl sites for hydroxylation is 1. The molecule has 3 atom stereocenters. The molecule has 5 aromatic rings. The highest BCUT2D eigenvalue weighted by atomic mass is 19.1. The number of carbonyl (C=O) groups is 2. The van der Waals surface area contributed by atoms with E-state index in [-0.39, 0.29) is 46.5 Å². The predicted octanol–water partition coefficient (Wildman–Crippen LogP) is 6.69. The largest absolute Gasteiger partial charge is 0.392 e. The summed E-state index contributed by atoms with van der Waals surface area (Å²) in [7, 11) is 1.63. The third-order valence-corrected chi connectivity index (χ3v) is 14.4. The van der Waals surface area contributed by atoms with Gasteiger partial charge in [-0.1, -0.05) is 20.4 Å². The summed E-state index contributed by atoms with van der Waals surface area (Å²) < 4.78 is 18.3. The molecule has 1 unspecified atom stereocenters. The lowest BCUT2D eigenvalue weighted by atomic mass is 9.90. The normalized spacial score (nSPS) is 20.6. The van der Waals surface area contributed by atoms with Crippen LogP contribution < -0.4 is 36.6 Å². The summed E-state index contributed by atoms with van der Waals surface area (Å²) in [5.41, 5.74) is 13.2. The first-order chi connectivity index (χ1) is 32.3. The molecule has 15 nitrogen and oxygen atoms in total. The molecule has 2 saturated heterocycles. The number of nitrogens with two attached hydrogens (primary N) is 1. The molecule has 358 valence electrons. The van der Waals surface area contributed by atoms with Crippen molar-refractivity contribution >= 4 is 46.2 Å². The van der Waals surface area contributed by atoms with Crippen molar-refractivity contribution in [2.75, 3.05) is 58.1 Å². The number of amides is 2. The third-order valence-electron chi connectivity index (χ3n) is 14.4. The molecule has 6 heterocycles. The number of piperidine rings is 1. The molecule has 5 N–H and O–H groups in total. The summed E-state index contributed by atoms with van der Waals surface area (Å²) in [6.07, 6.45) is 8.22. The number of nitrogens with zero attached hydrogens (tertiary/aromatic N) is 8. The van der Waals surface area contributed by atoms with Crippen molar-refractivity contribution in [1.29, 1.82) is 0 Å². The number of piperazine rings is 1. The van der Waals surface area contributed by atoms with E-state index in [1.165, 1.54) is 28.0 Å². The number of hydrogen-bond acceptors (Lipinski definition) is 11. The number of anilines is 6. The Morgan fingerprint density at radius 2 is 1.81 bits per heavy atom. The number of halogens is 1.